The van der Waals surface area contributed by atoms with E-state index in [9.17, 15) is 4.79 Å². The Kier molecular flexibility index (Phi) is 6.51. The van der Waals surface area contributed by atoms with Crippen molar-refractivity contribution in [2.75, 3.05) is 13.1 Å². The molecule has 1 amide bonds. The van der Waals surface area contributed by atoms with E-state index in [4.69, 9.17) is 4.74 Å². The average molecular weight is 282 g/mol. The highest BCUT2D eigenvalue weighted by Gasteiger charge is 2.15. The van der Waals surface area contributed by atoms with Crippen LogP contribution in [0.2, 0.25) is 0 Å². The SMILES string of the molecule is CCCn1nccc1CNCCNC(=O)OC(C)(C)C. The molecule has 1 rings (SSSR count). The van der Waals surface area contributed by atoms with Crippen molar-refractivity contribution in [3.8, 4) is 0 Å². The Morgan fingerprint density at radius 3 is 2.80 bits per heavy atom. The summed E-state index contributed by atoms with van der Waals surface area (Å²) in [6, 6.07) is 2.00. The molecule has 114 valence electrons. The van der Waals surface area contributed by atoms with Crippen LogP contribution in [-0.4, -0.2) is 34.6 Å². The smallest absolute Gasteiger partial charge is 0.407 e. The van der Waals surface area contributed by atoms with Gasteiger partial charge in [0.15, 0.2) is 0 Å². The number of carbonyl (C=O) groups excluding carboxylic acids is 1. The van der Waals surface area contributed by atoms with Crippen LogP contribution < -0.4 is 10.6 Å². The predicted octanol–water partition coefficient (Wildman–Crippen LogP) is 1.91. The number of hydrogen-bond acceptors (Lipinski definition) is 4. The molecule has 0 aliphatic heterocycles. The van der Waals surface area contributed by atoms with E-state index < -0.39 is 5.60 Å². The highest BCUT2D eigenvalue weighted by Crippen LogP contribution is 2.06. The molecule has 1 heterocycles. The molecule has 0 aromatic carbocycles. The number of nitrogens with one attached hydrogen (secondary N) is 2. The standard InChI is InChI=1S/C14H26N4O2/c1-5-10-18-12(6-7-17-18)11-15-8-9-16-13(19)20-14(2,3)4/h6-7,15H,5,8-11H2,1-4H3,(H,16,19). The zero-order chi connectivity index (χ0) is 15.0. The highest BCUT2D eigenvalue weighted by atomic mass is 16.6. The Balaban J connectivity index is 2.16. The molecule has 1 aromatic heterocycles. The van der Waals surface area contributed by atoms with Gasteiger partial charge < -0.3 is 15.4 Å². The van der Waals surface area contributed by atoms with Crippen LogP contribution >= 0.6 is 0 Å². The van der Waals surface area contributed by atoms with Crippen LogP contribution in [0.5, 0.6) is 0 Å². The van der Waals surface area contributed by atoms with Crippen LogP contribution in [0.3, 0.4) is 0 Å². The summed E-state index contributed by atoms with van der Waals surface area (Å²) >= 11 is 0. The van der Waals surface area contributed by atoms with Gasteiger partial charge in [-0.2, -0.15) is 5.10 Å². The third-order valence-corrected chi connectivity index (χ3v) is 2.52. The molecule has 0 aliphatic carbocycles. The summed E-state index contributed by atoms with van der Waals surface area (Å²) < 4.78 is 7.14. The average Bonchev–Trinajstić information content (AvgIpc) is 2.74. The van der Waals surface area contributed by atoms with Crippen molar-refractivity contribution in [1.82, 2.24) is 20.4 Å². The largest absolute Gasteiger partial charge is 0.444 e. The minimum atomic E-state index is -0.454. The second kappa shape index (κ2) is 7.89. The Bertz CT molecular complexity index is 410. The lowest BCUT2D eigenvalue weighted by atomic mass is 10.2. The molecular weight excluding hydrogens is 256 g/mol. The number of nitrogens with zero attached hydrogens (tertiary/aromatic N) is 2. The zero-order valence-electron chi connectivity index (χ0n) is 12.9. The first-order valence-electron chi connectivity index (χ1n) is 7.10. The van der Waals surface area contributed by atoms with Gasteiger partial charge in [0.25, 0.3) is 0 Å². The topological polar surface area (TPSA) is 68.2 Å². The molecule has 20 heavy (non-hydrogen) atoms. The fraction of sp³-hybridized carbons (Fsp3) is 0.714. The maximum absolute atomic E-state index is 11.4. The van der Waals surface area contributed by atoms with Crippen LogP contribution in [0.4, 0.5) is 4.79 Å². The third kappa shape index (κ3) is 6.56. The van der Waals surface area contributed by atoms with E-state index in [0.717, 1.165) is 25.2 Å². The van der Waals surface area contributed by atoms with Crippen molar-refractivity contribution in [2.24, 2.45) is 0 Å². The Morgan fingerprint density at radius 2 is 2.15 bits per heavy atom. The molecule has 0 unspecified atom stereocenters. The highest BCUT2D eigenvalue weighted by molar-refractivity contribution is 5.67. The molecule has 0 saturated carbocycles. The lowest BCUT2D eigenvalue weighted by Crippen LogP contribution is -2.36. The van der Waals surface area contributed by atoms with Gasteiger partial charge in [0.2, 0.25) is 0 Å². The molecule has 1 aromatic rings. The van der Waals surface area contributed by atoms with Gasteiger partial charge in [-0.15, -0.1) is 0 Å². The van der Waals surface area contributed by atoms with E-state index >= 15 is 0 Å². The van der Waals surface area contributed by atoms with Gasteiger partial charge in [0, 0.05) is 32.4 Å². The van der Waals surface area contributed by atoms with Crippen molar-refractivity contribution in [2.45, 2.75) is 52.8 Å². The summed E-state index contributed by atoms with van der Waals surface area (Å²) in [5.74, 6) is 0. The number of aryl methyl sites for hydroxylation is 1. The van der Waals surface area contributed by atoms with Crippen LogP contribution in [-0.2, 0) is 17.8 Å². The van der Waals surface area contributed by atoms with Crippen molar-refractivity contribution in [3.05, 3.63) is 18.0 Å². The molecule has 0 spiro atoms. The van der Waals surface area contributed by atoms with Crippen molar-refractivity contribution in [1.29, 1.82) is 0 Å². The van der Waals surface area contributed by atoms with Gasteiger partial charge in [0.1, 0.15) is 5.60 Å². The maximum atomic E-state index is 11.4. The molecule has 0 saturated heterocycles. The molecule has 0 bridgehead atoms. The number of alkyl carbamates (subject to hydrolysis) is 1. The predicted molar refractivity (Wildman–Crippen MR) is 78.5 cm³/mol. The second-order valence-corrected chi connectivity index (χ2v) is 5.65. The summed E-state index contributed by atoms with van der Waals surface area (Å²) in [6.07, 6.45) is 2.50. The van der Waals surface area contributed by atoms with Crippen LogP contribution in [0.15, 0.2) is 12.3 Å². The third-order valence-electron chi connectivity index (χ3n) is 2.52. The Hall–Kier alpha value is -1.56. The summed E-state index contributed by atoms with van der Waals surface area (Å²) in [5, 5.41) is 10.2. The molecule has 6 nitrogen and oxygen atoms in total. The lowest BCUT2D eigenvalue weighted by molar-refractivity contribution is 0.0528. The number of ether oxygens (including phenoxy) is 1. The molecule has 0 radical (unpaired) electrons. The minimum Gasteiger partial charge on any atom is -0.444 e. The summed E-state index contributed by atoms with van der Waals surface area (Å²) in [5.41, 5.74) is 0.702. The van der Waals surface area contributed by atoms with E-state index in [0.29, 0.717) is 13.1 Å². The molecule has 2 N–H and O–H groups in total. The summed E-state index contributed by atoms with van der Waals surface area (Å²) in [4.78, 5) is 11.4. The van der Waals surface area contributed by atoms with Crippen molar-refractivity contribution in [3.63, 3.8) is 0 Å². The first-order chi connectivity index (χ1) is 9.42. The first-order valence-corrected chi connectivity index (χ1v) is 7.10. The second-order valence-electron chi connectivity index (χ2n) is 5.65. The van der Waals surface area contributed by atoms with E-state index in [1.54, 1.807) is 0 Å². The molecule has 0 fully saturated rings. The number of carbonyl (C=O) groups is 1. The van der Waals surface area contributed by atoms with Crippen LogP contribution in [0.1, 0.15) is 39.8 Å². The molecule has 0 aliphatic rings. The fourth-order valence-electron chi connectivity index (χ4n) is 1.71. The summed E-state index contributed by atoms with van der Waals surface area (Å²) in [6.45, 7) is 10.6. The lowest BCUT2D eigenvalue weighted by Gasteiger charge is -2.19. The minimum absolute atomic E-state index is 0.379. The number of rotatable bonds is 7. The first kappa shape index (κ1) is 16.5. The van der Waals surface area contributed by atoms with Crippen molar-refractivity contribution >= 4 is 6.09 Å². The van der Waals surface area contributed by atoms with E-state index in [2.05, 4.69) is 22.7 Å². The van der Waals surface area contributed by atoms with Gasteiger partial charge in [-0.3, -0.25) is 4.68 Å². The van der Waals surface area contributed by atoms with E-state index in [1.165, 1.54) is 0 Å². The number of hydrogen-bond donors (Lipinski definition) is 2. The monoisotopic (exact) mass is 282 g/mol. The summed E-state index contributed by atoms with van der Waals surface area (Å²) in [7, 11) is 0. The van der Waals surface area contributed by atoms with Crippen LogP contribution in [0.25, 0.3) is 0 Å². The van der Waals surface area contributed by atoms with Gasteiger partial charge in [0.05, 0.1) is 5.69 Å². The molecule has 0 atom stereocenters. The van der Waals surface area contributed by atoms with Crippen molar-refractivity contribution < 1.29 is 9.53 Å². The fourth-order valence-corrected chi connectivity index (χ4v) is 1.71. The quantitative estimate of drug-likeness (QED) is 0.750. The number of aromatic nitrogens is 2. The van der Waals surface area contributed by atoms with Gasteiger partial charge in [-0.25, -0.2) is 4.79 Å². The van der Waals surface area contributed by atoms with E-state index in [1.807, 2.05) is 37.7 Å². The Labute approximate surface area is 120 Å². The van der Waals surface area contributed by atoms with E-state index in [-0.39, 0.29) is 6.09 Å². The molecular formula is C14H26N4O2. The van der Waals surface area contributed by atoms with Crippen LogP contribution in [0, 0.1) is 0 Å². The number of amides is 1. The molecule has 6 heteroatoms. The zero-order valence-corrected chi connectivity index (χ0v) is 12.9. The van der Waals surface area contributed by atoms with Gasteiger partial charge in [-0.1, -0.05) is 6.92 Å². The maximum Gasteiger partial charge on any atom is 0.407 e. The van der Waals surface area contributed by atoms with Gasteiger partial charge in [-0.05, 0) is 33.3 Å². The normalized spacial score (nSPS) is 11.4. The Morgan fingerprint density at radius 1 is 1.40 bits per heavy atom. The van der Waals surface area contributed by atoms with Gasteiger partial charge >= 0.3 is 6.09 Å².